The van der Waals surface area contributed by atoms with Crippen molar-refractivity contribution in [1.82, 2.24) is 43.7 Å². The van der Waals surface area contributed by atoms with Crippen LogP contribution < -0.4 is 21.2 Å². The number of alkyl halides is 2. The predicted molar refractivity (Wildman–Crippen MR) is 225 cm³/mol. The molecule has 2 saturated heterocycles. The maximum atomic E-state index is 14.3. The molecule has 63 heavy (non-hydrogen) atoms. The number of aromatic nitrogens is 7. The lowest BCUT2D eigenvalue weighted by atomic mass is 9.85. The number of likely N-dealkylation sites (tertiary alicyclic amines) is 1. The van der Waals surface area contributed by atoms with Crippen LogP contribution in [0.15, 0.2) is 59.5 Å². The molecule has 3 fully saturated rings. The van der Waals surface area contributed by atoms with Gasteiger partial charge in [-0.3, -0.25) is 33.5 Å². The Morgan fingerprint density at radius 3 is 2.65 bits per heavy atom. The molecule has 1 aliphatic carbocycles. The summed E-state index contributed by atoms with van der Waals surface area (Å²) < 4.78 is 46.4. The number of aryl methyl sites for hydroxylation is 1. The summed E-state index contributed by atoms with van der Waals surface area (Å²) in [7, 11) is 1.66. The minimum absolute atomic E-state index is 0.0188. The number of anilines is 2. The van der Waals surface area contributed by atoms with Crippen LogP contribution in [-0.4, -0.2) is 108 Å². The van der Waals surface area contributed by atoms with Crippen molar-refractivity contribution in [3.63, 3.8) is 0 Å². The zero-order valence-corrected chi connectivity index (χ0v) is 34.7. The number of fused-ring (bicyclic) bond motifs is 3. The Morgan fingerprint density at radius 1 is 1.08 bits per heavy atom. The van der Waals surface area contributed by atoms with Crippen molar-refractivity contribution < 1.29 is 32.6 Å². The third kappa shape index (κ3) is 7.86. The second-order valence-electron chi connectivity index (χ2n) is 17.1. The van der Waals surface area contributed by atoms with Crippen molar-refractivity contribution in [2.75, 3.05) is 49.6 Å². The van der Waals surface area contributed by atoms with E-state index in [0.717, 1.165) is 63.9 Å². The van der Waals surface area contributed by atoms with Gasteiger partial charge in [0.15, 0.2) is 11.3 Å². The number of halogens is 2. The summed E-state index contributed by atoms with van der Waals surface area (Å²) >= 11 is 0. The summed E-state index contributed by atoms with van der Waals surface area (Å²) in [4.78, 5) is 60.3. The van der Waals surface area contributed by atoms with Gasteiger partial charge in [0.1, 0.15) is 36.4 Å². The van der Waals surface area contributed by atoms with E-state index < -0.39 is 30.0 Å². The van der Waals surface area contributed by atoms with Gasteiger partial charge < -0.3 is 24.6 Å². The number of piperidine rings is 2. The van der Waals surface area contributed by atoms with Gasteiger partial charge in [0.05, 0.1) is 53.2 Å². The van der Waals surface area contributed by atoms with Crippen molar-refractivity contribution >= 4 is 45.9 Å². The van der Waals surface area contributed by atoms with E-state index in [1.54, 1.807) is 30.1 Å². The molecular formula is C44H47F2N11O6. The van der Waals surface area contributed by atoms with Crippen molar-refractivity contribution in [3.05, 3.63) is 82.0 Å². The molecule has 4 aromatic heterocycles. The number of imidazole rings is 1. The number of para-hydroxylation sites is 1. The fourth-order valence-electron chi connectivity index (χ4n) is 9.81. The third-order valence-corrected chi connectivity index (χ3v) is 13.1. The first kappa shape index (κ1) is 40.7. The van der Waals surface area contributed by atoms with Gasteiger partial charge in [0, 0.05) is 45.5 Å². The van der Waals surface area contributed by atoms with Crippen LogP contribution in [0.1, 0.15) is 91.5 Å². The molecule has 328 valence electrons. The molecule has 10 rings (SSSR count). The highest BCUT2D eigenvalue weighted by Crippen LogP contribution is 2.36. The fraction of sp³-hybridized carbons (Fsp3) is 0.477. The van der Waals surface area contributed by atoms with Crippen LogP contribution in [0.25, 0.3) is 16.7 Å². The van der Waals surface area contributed by atoms with Crippen LogP contribution in [0.3, 0.4) is 0 Å². The van der Waals surface area contributed by atoms with E-state index >= 15 is 0 Å². The van der Waals surface area contributed by atoms with Crippen molar-refractivity contribution in [2.24, 2.45) is 13.0 Å². The molecule has 5 aliphatic rings. The Labute approximate surface area is 360 Å². The molecule has 3 amide bonds. The number of morpholine rings is 1. The minimum atomic E-state index is -2.87. The number of benzene rings is 1. The highest BCUT2D eigenvalue weighted by Gasteiger charge is 2.35. The van der Waals surface area contributed by atoms with Crippen LogP contribution >= 0.6 is 0 Å². The molecular weight excluding hydrogens is 817 g/mol. The SMILES string of the molecule is Cn1c(=O)n(C2CCC(=O)NC2=O)c2cccc(C#CCOC3CCN(CC4CCC(n5cc(NC(=O)c6cnn7ccc(N8CC9=C[C@@H]8CO9)nc67)c(C(F)F)n5)CC4)CC3)c21. The average molecular weight is 864 g/mol. The number of amides is 3. The first-order chi connectivity index (χ1) is 30.6. The summed E-state index contributed by atoms with van der Waals surface area (Å²) in [6.07, 6.45) is 9.59. The first-order valence-electron chi connectivity index (χ1n) is 21.6. The Balaban J connectivity index is 0.700. The van der Waals surface area contributed by atoms with E-state index in [9.17, 15) is 28.0 Å². The van der Waals surface area contributed by atoms with Crippen LogP contribution in [0.4, 0.5) is 20.3 Å². The number of nitrogens with one attached hydrogen (secondary N) is 2. The number of nitrogens with zero attached hydrogens (tertiary/aromatic N) is 9. The molecule has 8 heterocycles. The number of carbonyl (C=O) groups excluding carboxylic acids is 3. The zero-order chi connectivity index (χ0) is 43.4. The Morgan fingerprint density at radius 2 is 1.90 bits per heavy atom. The maximum absolute atomic E-state index is 14.3. The Bertz CT molecular complexity index is 2760. The lowest BCUT2D eigenvalue weighted by Gasteiger charge is -2.36. The molecule has 17 nitrogen and oxygen atoms in total. The Hall–Kier alpha value is -6.39. The van der Waals surface area contributed by atoms with E-state index in [4.69, 9.17) is 14.5 Å². The predicted octanol–water partition coefficient (Wildman–Crippen LogP) is 4.11. The number of hydrogen-bond donors (Lipinski definition) is 2. The molecule has 5 aromatic rings. The van der Waals surface area contributed by atoms with Crippen molar-refractivity contribution in [2.45, 2.75) is 82.0 Å². The van der Waals surface area contributed by atoms with Crippen LogP contribution in [-0.2, 0) is 26.1 Å². The molecule has 0 spiro atoms. The minimum Gasteiger partial charge on any atom is -0.494 e. The molecule has 2 bridgehead atoms. The van der Waals surface area contributed by atoms with Gasteiger partial charge in [-0.05, 0) is 75.1 Å². The summed E-state index contributed by atoms with van der Waals surface area (Å²) in [6, 6.07) is 6.53. The van der Waals surface area contributed by atoms with Gasteiger partial charge in [-0.25, -0.2) is 23.1 Å². The summed E-state index contributed by atoms with van der Waals surface area (Å²) in [6.45, 7) is 4.16. The van der Waals surface area contributed by atoms with Gasteiger partial charge in [-0.2, -0.15) is 10.2 Å². The lowest BCUT2D eigenvalue weighted by molar-refractivity contribution is -0.135. The number of ether oxygens (including phenoxy) is 2. The highest BCUT2D eigenvalue weighted by molar-refractivity contribution is 6.08. The second-order valence-corrected chi connectivity index (χ2v) is 17.1. The molecule has 4 aliphatic heterocycles. The van der Waals surface area contributed by atoms with Crippen LogP contribution in [0, 0.1) is 17.8 Å². The quantitative estimate of drug-likeness (QED) is 0.153. The van der Waals surface area contributed by atoms with Gasteiger partial charge in [0.2, 0.25) is 11.8 Å². The van der Waals surface area contributed by atoms with Crippen LogP contribution in [0.5, 0.6) is 0 Å². The zero-order valence-electron chi connectivity index (χ0n) is 34.7. The van der Waals surface area contributed by atoms with E-state index in [2.05, 4.69) is 48.5 Å². The largest absolute Gasteiger partial charge is 0.494 e. The van der Waals surface area contributed by atoms with Gasteiger partial charge in [0.25, 0.3) is 12.3 Å². The third-order valence-electron chi connectivity index (χ3n) is 13.1. The van der Waals surface area contributed by atoms with Crippen LogP contribution in [0.2, 0.25) is 0 Å². The number of imide groups is 1. The molecule has 1 unspecified atom stereocenters. The van der Waals surface area contributed by atoms with E-state index in [1.807, 2.05) is 12.1 Å². The van der Waals surface area contributed by atoms with E-state index in [-0.39, 0.29) is 60.5 Å². The topological polar surface area (TPSA) is 175 Å². The van der Waals surface area contributed by atoms with Crippen molar-refractivity contribution in [1.29, 1.82) is 0 Å². The second kappa shape index (κ2) is 16.7. The fourth-order valence-corrected chi connectivity index (χ4v) is 9.81. The number of carbonyl (C=O) groups is 3. The maximum Gasteiger partial charge on any atom is 0.329 e. The highest BCUT2D eigenvalue weighted by atomic mass is 19.3. The van der Waals surface area contributed by atoms with Crippen molar-refractivity contribution in [3.8, 4) is 11.8 Å². The normalized spacial score (nSPS) is 23.0. The molecule has 1 aromatic carbocycles. The molecule has 2 N–H and O–H groups in total. The van der Waals surface area contributed by atoms with E-state index in [0.29, 0.717) is 47.1 Å². The standard InChI is InChI=1S/C44H47F2N11O6/c1-52-39-27(4-2-6-34(39)57(44(52)61)35-11-12-37(58)50-43(35)60)5-3-19-62-30-13-16-53(17-14-30)22-26-7-9-28(10-8-26)56-24-33(38(51-56)40(45)46)48-42(59)32-21-47-55-18-15-36(49-41(32)55)54-23-31-20-29(54)25-63-31/h2,4,6,15,18,20-21,24,26,28-30,35,40H,7-14,16-17,19,22-23,25H2,1H3,(H,48,59)(H,50,58,60)/t26?,28?,29-,35?/m1/s1. The lowest BCUT2D eigenvalue weighted by Crippen LogP contribution is -2.44. The Kier molecular flexibility index (Phi) is 10.8. The molecule has 1 saturated carbocycles. The molecule has 2 atom stereocenters. The number of hydrogen-bond acceptors (Lipinski definition) is 11. The molecule has 19 heteroatoms. The summed E-state index contributed by atoms with van der Waals surface area (Å²) in [5.41, 5.74) is 1.56. The van der Waals surface area contributed by atoms with Gasteiger partial charge >= 0.3 is 5.69 Å². The van der Waals surface area contributed by atoms with Gasteiger partial charge in [-0.1, -0.05) is 17.9 Å². The summed E-state index contributed by atoms with van der Waals surface area (Å²) in [5.74, 6) is 6.93. The smallest absolute Gasteiger partial charge is 0.329 e. The number of rotatable bonds is 10. The monoisotopic (exact) mass is 863 g/mol. The first-order valence-corrected chi connectivity index (χ1v) is 21.6. The summed E-state index contributed by atoms with van der Waals surface area (Å²) in [5, 5.41) is 13.6. The van der Waals surface area contributed by atoms with Gasteiger partial charge in [-0.15, -0.1) is 0 Å². The average Bonchev–Trinajstić information content (AvgIpc) is 4.13. The molecule has 0 radical (unpaired) electrons. The van der Waals surface area contributed by atoms with E-state index in [1.165, 1.54) is 26.0 Å².